The van der Waals surface area contributed by atoms with Crippen LogP contribution in [-0.4, -0.2) is 28.8 Å². The molecule has 4 rings (SSSR count). The molecule has 1 atom stereocenters. The first-order chi connectivity index (χ1) is 14.8. The normalized spacial score (nSPS) is 12.1. The lowest BCUT2D eigenvalue weighted by atomic mass is 9.97. The first-order valence-electron chi connectivity index (χ1n) is 10.1. The Morgan fingerprint density at radius 3 is 2.80 bits per heavy atom. The van der Waals surface area contributed by atoms with Crippen molar-refractivity contribution >= 4 is 16.6 Å². The van der Waals surface area contributed by atoms with Gasteiger partial charge >= 0.3 is 0 Å². The van der Waals surface area contributed by atoms with Crippen LogP contribution < -0.4 is 10.1 Å². The van der Waals surface area contributed by atoms with Crippen molar-refractivity contribution in [1.82, 2.24) is 9.97 Å². The number of hydrogen-bond donors (Lipinski definition) is 3. The molecule has 1 unspecified atom stereocenters. The number of nitrogens with zero attached hydrogens (tertiary/aromatic N) is 1. The number of pyridine rings is 1. The molecule has 0 aliphatic rings. The topological polar surface area (TPSA) is 70.2 Å². The van der Waals surface area contributed by atoms with Crippen LogP contribution in [0.2, 0.25) is 0 Å². The minimum atomic E-state index is -0.0415. The van der Waals surface area contributed by atoms with Crippen LogP contribution in [0, 0.1) is 6.42 Å². The maximum atomic E-state index is 9.14. The van der Waals surface area contributed by atoms with Crippen molar-refractivity contribution < 1.29 is 9.84 Å². The van der Waals surface area contributed by atoms with Crippen molar-refractivity contribution in [3.05, 3.63) is 96.3 Å². The SMILES string of the molecule is COc1cncc(NC([CH]c2c[nH]c3ccc(CCCO)cc23)c2ccccc2)c1. The highest BCUT2D eigenvalue weighted by Gasteiger charge is 2.16. The van der Waals surface area contributed by atoms with Crippen LogP contribution in [-0.2, 0) is 6.42 Å². The Morgan fingerprint density at radius 2 is 2.00 bits per heavy atom. The van der Waals surface area contributed by atoms with Gasteiger partial charge in [0.2, 0.25) is 0 Å². The Bertz CT molecular complexity index is 1090. The minimum Gasteiger partial charge on any atom is -0.495 e. The molecule has 0 amide bonds. The monoisotopic (exact) mass is 400 g/mol. The molecule has 2 aromatic carbocycles. The van der Waals surface area contributed by atoms with Gasteiger partial charge in [-0.2, -0.15) is 0 Å². The van der Waals surface area contributed by atoms with Gasteiger partial charge in [0, 0.05) is 36.2 Å². The van der Waals surface area contributed by atoms with E-state index in [1.54, 1.807) is 19.5 Å². The zero-order chi connectivity index (χ0) is 20.8. The predicted octanol–water partition coefficient (Wildman–Crippen LogP) is 4.90. The summed E-state index contributed by atoms with van der Waals surface area (Å²) < 4.78 is 5.32. The molecule has 0 saturated carbocycles. The summed E-state index contributed by atoms with van der Waals surface area (Å²) in [5, 5.41) is 13.9. The lowest BCUT2D eigenvalue weighted by Gasteiger charge is -2.20. The van der Waals surface area contributed by atoms with Crippen LogP contribution >= 0.6 is 0 Å². The van der Waals surface area contributed by atoms with E-state index in [9.17, 15) is 0 Å². The van der Waals surface area contributed by atoms with Crippen molar-refractivity contribution in [1.29, 1.82) is 0 Å². The van der Waals surface area contributed by atoms with Crippen LogP contribution in [0.4, 0.5) is 5.69 Å². The average Bonchev–Trinajstić information content (AvgIpc) is 3.20. The number of hydrogen-bond acceptors (Lipinski definition) is 4. The zero-order valence-electron chi connectivity index (χ0n) is 17.0. The van der Waals surface area contributed by atoms with E-state index in [0.29, 0.717) is 5.75 Å². The number of rotatable bonds is 9. The number of fused-ring (bicyclic) bond motifs is 1. The Labute approximate surface area is 176 Å². The highest BCUT2D eigenvalue weighted by Crippen LogP contribution is 2.30. The lowest BCUT2D eigenvalue weighted by molar-refractivity contribution is 0.288. The van der Waals surface area contributed by atoms with Gasteiger partial charge < -0.3 is 20.1 Å². The van der Waals surface area contributed by atoms with Crippen molar-refractivity contribution in [2.45, 2.75) is 18.9 Å². The first-order valence-corrected chi connectivity index (χ1v) is 10.1. The van der Waals surface area contributed by atoms with Gasteiger partial charge in [0.15, 0.2) is 0 Å². The molecule has 0 saturated heterocycles. The number of aliphatic hydroxyl groups excluding tert-OH is 1. The molecule has 5 heteroatoms. The third-order valence-corrected chi connectivity index (χ3v) is 5.18. The maximum Gasteiger partial charge on any atom is 0.139 e. The third kappa shape index (κ3) is 4.63. The molecule has 4 aromatic rings. The quantitative estimate of drug-likeness (QED) is 0.374. The summed E-state index contributed by atoms with van der Waals surface area (Å²) in [6, 6.07) is 18.7. The van der Waals surface area contributed by atoms with Gasteiger partial charge in [-0.25, -0.2) is 0 Å². The molecule has 153 valence electrons. The second-order valence-corrected chi connectivity index (χ2v) is 7.26. The molecule has 0 spiro atoms. The molecule has 1 radical (unpaired) electrons. The number of ether oxygens (including phenoxy) is 1. The summed E-state index contributed by atoms with van der Waals surface area (Å²) in [6.45, 7) is 0.207. The molecule has 0 bridgehead atoms. The number of aromatic nitrogens is 2. The van der Waals surface area contributed by atoms with E-state index in [4.69, 9.17) is 9.84 Å². The minimum absolute atomic E-state index is 0.0415. The molecule has 2 heterocycles. The van der Waals surface area contributed by atoms with E-state index in [1.807, 2.05) is 30.5 Å². The van der Waals surface area contributed by atoms with Gasteiger partial charge in [-0.05, 0) is 41.7 Å². The maximum absolute atomic E-state index is 9.14. The second kappa shape index (κ2) is 9.46. The molecule has 0 aliphatic carbocycles. The van der Waals surface area contributed by atoms with E-state index in [2.05, 4.69) is 52.0 Å². The van der Waals surface area contributed by atoms with Crippen molar-refractivity contribution in [3.8, 4) is 5.75 Å². The van der Waals surface area contributed by atoms with Gasteiger partial charge in [-0.15, -0.1) is 0 Å². The number of benzene rings is 2. The third-order valence-electron chi connectivity index (χ3n) is 5.18. The first kappa shape index (κ1) is 20.0. The summed E-state index contributed by atoms with van der Waals surface area (Å²) in [5.41, 5.74) is 5.51. The largest absolute Gasteiger partial charge is 0.495 e. The van der Waals surface area contributed by atoms with Crippen LogP contribution in [0.25, 0.3) is 10.9 Å². The van der Waals surface area contributed by atoms with Crippen molar-refractivity contribution in [2.24, 2.45) is 0 Å². The van der Waals surface area contributed by atoms with Crippen LogP contribution in [0.1, 0.15) is 29.2 Å². The van der Waals surface area contributed by atoms with Crippen LogP contribution in [0.5, 0.6) is 5.75 Å². The predicted molar refractivity (Wildman–Crippen MR) is 121 cm³/mol. The van der Waals surface area contributed by atoms with Crippen LogP contribution in [0.3, 0.4) is 0 Å². The number of nitrogens with one attached hydrogen (secondary N) is 2. The molecule has 0 aliphatic heterocycles. The molecule has 5 nitrogen and oxygen atoms in total. The Kier molecular flexibility index (Phi) is 6.30. The van der Waals surface area contributed by atoms with Crippen molar-refractivity contribution in [2.75, 3.05) is 19.0 Å². The average molecular weight is 401 g/mol. The van der Waals surface area contributed by atoms with Crippen molar-refractivity contribution in [3.63, 3.8) is 0 Å². The highest BCUT2D eigenvalue weighted by molar-refractivity contribution is 5.85. The van der Waals surface area contributed by atoms with E-state index in [1.165, 1.54) is 10.9 Å². The summed E-state index contributed by atoms with van der Waals surface area (Å²) in [4.78, 5) is 7.63. The standard InChI is InChI=1S/C25H26N3O2/c1-30-22-14-21(16-26-17-22)28-25(19-7-3-2-4-8-19)13-20-15-27-24-10-9-18(6-5-11-29)12-23(20)24/h2-4,7-10,12-17,25,27-29H,5-6,11H2,1H3. The molecule has 0 fully saturated rings. The number of aryl methyl sites for hydroxylation is 1. The Balaban J connectivity index is 1.64. The smallest absolute Gasteiger partial charge is 0.139 e. The molecule has 2 aromatic heterocycles. The fourth-order valence-corrected chi connectivity index (χ4v) is 3.62. The molecule has 30 heavy (non-hydrogen) atoms. The number of methoxy groups -OCH3 is 1. The van der Waals surface area contributed by atoms with E-state index in [0.717, 1.165) is 35.2 Å². The van der Waals surface area contributed by atoms with Gasteiger partial charge in [0.25, 0.3) is 0 Å². The number of H-pyrrole nitrogens is 1. The Morgan fingerprint density at radius 1 is 1.13 bits per heavy atom. The number of aromatic amines is 1. The summed E-state index contributed by atoms with van der Waals surface area (Å²) in [7, 11) is 1.64. The van der Waals surface area contributed by atoms with Crippen LogP contribution in [0.15, 0.2) is 73.2 Å². The molecular weight excluding hydrogens is 374 g/mol. The highest BCUT2D eigenvalue weighted by atomic mass is 16.5. The van der Waals surface area contributed by atoms with E-state index in [-0.39, 0.29) is 12.6 Å². The summed E-state index contributed by atoms with van der Waals surface area (Å²) in [5.74, 6) is 0.715. The van der Waals surface area contributed by atoms with E-state index < -0.39 is 0 Å². The van der Waals surface area contributed by atoms with Gasteiger partial charge in [-0.1, -0.05) is 36.4 Å². The number of anilines is 1. The van der Waals surface area contributed by atoms with Gasteiger partial charge in [-0.3, -0.25) is 4.98 Å². The van der Waals surface area contributed by atoms with Gasteiger partial charge in [0.1, 0.15) is 5.75 Å². The summed E-state index contributed by atoms with van der Waals surface area (Å²) in [6.07, 6.45) is 9.40. The molecule has 3 N–H and O–H groups in total. The number of aliphatic hydroxyl groups is 1. The second-order valence-electron chi connectivity index (χ2n) is 7.26. The van der Waals surface area contributed by atoms with E-state index >= 15 is 0 Å². The molecular formula is C25H26N3O2. The lowest BCUT2D eigenvalue weighted by Crippen LogP contribution is -2.12. The fraction of sp³-hybridized carbons (Fsp3) is 0.200. The zero-order valence-corrected chi connectivity index (χ0v) is 17.0. The summed E-state index contributed by atoms with van der Waals surface area (Å²) >= 11 is 0. The Hall–Kier alpha value is -3.31. The van der Waals surface area contributed by atoms with Gasteiger partial charge in [0.05, 0.1) is 31.2 Å². The fourth-order valence-electron chi connectivity index (χ4n) is 3.62.